The summed E-state index contributed by atoms with van der Waals surface area (Å²) in [5.74, 6) is 0.363. The molecular weight excluding hydrogens is 238 g/mol. The molecule has 0 heterocycles. The predicted molar refractivity (Wildman–Crippen MR) is 51.7 cm³/mol. The van der Waals surface area contributed by atoms with Crippen molar-refractivity contribution in [3.05, 3.63) is 22.2 Å². The molecule has 0 unspecified atom stereocenters. The second-order valence-electron chi connectivity index (χ2n) is 2.29. The van der Waals surface area contributed by atoms with Crippen LogP contribution in [0.5, 0.6) is 11.5 Å². The highest BCUT2D eigenvalue weighted by atomic mass is 79.9. The minimum absolute atomic E-state index is 0.000556. The van der Waals surface area contributed by atoms with Crippen LogP contribution in [0.1, 0.15) is 5.56 Å². The van der Waals surface area contributed by atoms with Gasteiger partial charge in [0.2, 0.25) is 0 Å². The number of benzene rings is 1. The Hall–Kier alpha value is -1.23. The van der Waals surface area contributed by atoms with Gasteiger partial charge in [-0.25, -0.2) is 0 Å². The van der Waals surface area contributed by atoms with Crippen LogP contribution in [0, 0.1) is 0 Å². The molecule has 0 bridgehead atoms. The first kappa shape index (κ1) is 9.85. The summed E-state index contributed by atoms with van der Waals surface area (Å²) in [5.41, 5.74) is 0.570. The molecule has 0 fully saturated rings. The molecule has 0 aliphatic carbocycles. The Kier molecular flexibility index (Phi) is 3.13. The molecule has 0 aliphatic heterocycles. The summed E-state index contributed by atoms with van der Waals surface area (Å²) in [6.45, 7) is 0. The molecule has 1 rings (SSSR count). The lowest BCUT2D eigenvalue weighted by Crippen LogP contribution is -1.88. The number of hydrogen-bond acceptors (Lipinski definition) is 4. The molecule has 0 saturated carbocycles. The van der Waals surface area contributed by atoms with Gasteiger partial charge in [0.15, 0.2) is 11.5 Å². The summed E-state index contributed by atoms with van der Waals surface area (Å²) in [4.78, 5) is 0. The van der Waals surface area contributed by atoms with Crippen molar-refractivity contribution in [2.45, 2.75) is 0 Å². The quantitative estimate of drug-likeness (QED) is 0.476. The topological polar surface area (TPSA) is 62.0 Å². The Morgan fingerprint density at radius 3 is 2.77 bits per heavy atom. The molecule has 0 aromatic heterocycles. The summed E-state index contributed by atoms with van der Waals surface area (Å²) in [6, 6.07) is 3.02. The van der Waals surface area contributed by atoms with Crippen molar-refractivity contribution in [1.82, 2.24) is 0 Å². The van der Waals surface area contributed by atoms with Crippen molar-refractivity contribution in [1.29, 1.82) is 0 Å². The lowest BCUT2D eigenvalue weighted by molar-refractivity contribution is 0.322. The highest BCUT2D eigenvalue weighted by molar-refractivity contribution is 9.10. The SMILES string of the molecule is COc1cc(Br)c(/C=N/O)cc1O. The van der Waals surface area contributed by atoms with Crippen molar-refractivity contribution in [3.8, 4) is 11.5 Å². The van der Waals surface area contributed by atoms with E-state index >= 15 is 0 Å². The van der Waals surface area contributed by atoms with Crippen LogP contribution in [0.2, 0.25) is 0 Å². The molecule has 0 atom stereocenters. The fourth-order valence-electron chi connectivity index (χ4n) is 0.884. The van der Waals surface area contributed by atoms with Crippen LogP contribution in [-0.4, -0.2) is 23.6 Å². The number of halogens is 1. The third-order valence-corrected chi connectivity index (χ3v) is 2.18. The Labute approximate surface area is 83.6 Å². The van der Waals surface area contributed by atoms with Crippen LogP contribution in [0.3, 0.4) is 0 Å². The number of nitrogens with zero attached hydrogens (tertiary/aromatic N) is 1. The van der Waals surface area contributed by atoms with Crippen molar-refractivity contribution < 1.29 is 15.1 Å². The number of oxime groups is 1. The maximum atomic E-state index is 9.35. The molecule has 13 heavy (non-hydrogen) atoms. The first-order valence-electron chi connectivity index (χ1n) is 3.43. The molecule has 70 valence electrons. The van der Waals surface area contributed by atoms with E-state index in [0.29, 0.717) is 15.8 Å². The largest absolute Gasteiger partial charge is 0.504 e. The van der Waals surface area contributed by atoms with Crippen molar-refractivity contribution >= 4 is 22.1 Å². The minimum Gasteiger partial charge on any atom is -0.504 e. The van der Waals surface area contributed by atoms with E-state index in [-0.39, 0.29) is 5.75 Å². The van der Waals surface area contributed by atoms with E-state index < -0.39 is 0 Å². The summed E-state index contributed by atoms with van der Waals surface area (Å²) in [6.07, 6.45) is 1.21. The fraction of sp³-hybridized carbons (Fsp3) is 0.125. The lowest BCUT2D eigenvalue weighted by Gasteiger charge is -2.05. The normalized spacial score (nSPS) is 10.6. The average molecular weight is 246 g/mol. The molecule has 0 radical (unpaired) electrons. The van der Waals surface area contributed by atoms with Crippen LogP contribution in [-0.2, 0) is 0 Å². The highest BCUT2D eigenvalue weighted by Crippen LogP contribution is 2.31. The van der Waals surface area contributed by atoms with E-state index in [9.17, 15) is 5.11 Å². The van der Waals surface area contributed by atoms with E-state index in [4.69, 9.17) is 9.94 Å². The molecule has 0 spiro atoms. The van der Waals surface area contributed by atoms with Gasteiger partial charge in [-0.05, 0) is 28.1 Å². The van der Waals surface area contributed by atoms with Crippen molar-refractivity contribution in [2.24, 2.45) is 5.16 Å². The molecule has 0 amide bonds. The van der Waals surface area contributed by atoms with E-state index in [2.05, 4.69) is 21.1 Å². The number of ether oxygens (including phenoxy) is 1. The van der Waals surface area contributed by atoms with Crippen molar-refractivity contribution in [3.63, 3.8) is 0 Å². The van der Waals surface area contributed by atoms with Crippen LogP contribution in [0.15, 0.2) is 21.8 Å². The Balaban J connectivity index is 3.20. The molecule has 2 N–H and O–H groups in total. The summed E-state index contributed by atoms with van der Waals surface area (Å²) in [5, 5.41) is 20.5. The second kappa shape index (κ2) is 4.13. The van der Waals surface area contributed by atoms with E-state index in [0.717, 1.165) is 0 Å². The number of rotatable bonds is 2. The van der Waals surface area contributed by atoms with Crippen molar-refractivity contribution in [2.75, 3.05) is 7.11 Å². The van der Waals surface area contributed by atoms with Crippen LogP contribution in [0.4, 0.5) is 0 Å². The maximum Gasteiger partial charge on any atom is 0.161 e. The maximum absolute atomic E-state index is 9.35. The summed E-state index contributed by atoms with van der Waals surface area (Å²) < 4.78 is 5.55. The Morgan fingerprint density at radius 1 is 1.54 bits per heavy atom. The first-order chi connectivity index (χ1) is 6.19. The molecule has 0 aliphatic rings. The third kappa shape index (κ3) is 2.12. The zero-order valence-electron chi connectivity index (χ0n) is 6.86. The fourth-order valence-corrected chi connectivity index (χ4v) is 1.31. The van der Waals surface area contributed by atoms with Gasteiger partial charge >= 0.3 is 0 Å². The predicted octanol–water partition coefficient (Wildman–Crippen LogP) is 1.97. The zero-order valence-corrected chi connectivity index (χ0v) is 8.45. The van der Waals surface area contributed by atoms with Gasteiger partial charge in [-0.15, -0.1) is 0 Å². The average Bonchev–Trinajstić information content (AvgIpc) is 2.11. The summed E-state index contributed by atoms with van der Waals surface area (Å²) in [7, 11) is 1.46. The van der Waals surface area contributed by atoms with E-state index in [1.165, 1.54) is 19.4 Å². The molecule has 1 aromatic rings. The van der Waals surface area contributed by atoms with Gasteiger partial charge in [-0.1, -0.05) is 5.16 Å². The summed E-state index contributed by atoms with van der Waals surface area (Å²) >= 11 is 3.23. The first-order valence-corrected chi connectivity index (χ1v) is 4.22. The van der Waals surface area contributed by atoms with Gasteiger partial charge in [0.1, 0.15) is 0 Å². The van der Waals surface area contributed by atoms with Gasteiger partial charge < -0.3 is 15.1 Å². The van der Waals surface area contributed by atoms with Gasteiger partial charge in [0.05, 0.1) is 13.3 Å². The van der Waals surface area contributed by atoms with Gasteiger partial charge in [0, 0.05) is 10.0 Å². The Bertz CT molecular complexity index is 338. The number of phenols is 1. The second-order valence-corrected chi connectivity index (χ2v) is 3.14. The smallest absolute Gasteiger partial charge is 0.161 e. The zero-order chi connectivity index (χ0) is 9.84. The lowest BCUT2D eigenvalue weighted by atomic mass is 10.2. The van der Waals surface area contributed by atoms with Gasteiger partial charge in [-0.2, -0.15) is 0 Å². The van der Waals surface area contributed by atoms with Crippen LogP contribution < -0.4 is 4.74 Å². The number of aromatic hydroxyl groups is 1. The van der Waals surface area contributed by atoms with Gasteiger partial charge in [0.25, 0.3) is 0 Å². The number of methoxy groups -OCH3 is 1. The molecule has 5 heteroatoms. The Morgan fingerprint density at radius 2 is 2.23 bits per heavy atom. The van der Waals surface area contributed by atoms with E-state index in [1.807, 2.05) is 0 Å². The molecular formula is C8H8BrNO3. The molecule has 1 aromatic carbocycles. The number of hydrogen-bond donors (Lipinski definition) is 2. The monoisotopic (exact) mass is 245 g/mol. The van der Waals surface area contributed by atoms with E-state index in [1.54, 1.807) is 6.07 Å². The molecule has 4 nitrogen and oxygen atoms in total. The van der Waals surface area contributed by atoms with Crippen LogP contribution >= 0.6 is 15.9 Å². The van der Waals surface area contributed by atoms with Crippen LogP contribution in [0.25, 0.3) is 0 Å². The highest BCUT2D eigenvalue weighted by Gasteiger charge is 2.05. The minimum atomic E-state index is 0.000556. The number of phenolic OH excluding ortho intramolecular Hbond substituents is 1. The standard InChI is InChI=1S/C8H8BrNO3/c1-13-8-3-6(9)5(4-10-12)2-7(8)11/h2-4,11-12H,1H3/b10-4+. The third-order valence-electron chi connectivity index (χ3n) is 1.49. The van der Waals surface area contributed by atoms with Gasteiger partial charge in [-0.3, -0.25) is 0 Å². The molecule has 0 saturated heterocycles.